The molecule has 1 N–H and O–H groups in total. The van der Waals surface area contributed by atoms with E-state index in [4.69, 9.17) is 14.6 Å². The number of ether oxygens (including phenoxy) is 2. The number of rotatable bonds is 8. The van der Waals surface area contributed by atoms with Crippen LogP contribution in [0.2, 0.25) is 0 Å². The molecular formula is C25H32FN5O5S. The molecule has 1 unspecified atom stereocenters. The Morgan fingerprint density at radius 1 is 1.24 bits per heavy atom. The molecule has 37 heavy (non-hydrogen) atoms. The summed E-state index contributed by atoms with van der Waals surface area (Å²) in [6, 6.07) is 7.43. The molecule has 3 heterocycles. The highest BCUT2D eigenvalue weighted by Crippen LogP contribution is 2.34. The Morgan fingerprint density at radius 2 is 1.95 bits per heavy atom. The largest absolute Gasteiger partial charge is 0.491 e. The number of hydrogen-bond donors (Lipinski definition) is 1. The molecule has 0 spiro atoms. The zero-order chi connectivity index (χ0) is 26.9. The van der Waals surface area contributed by atoms with E-state index in [-0.39, 0.29) is 24.3 Å². The second-order valence-corrected chi connectivity index (χ2v) is 11.5. The molecule has 1 fully saturated rings. The van der Waals surface area contributed by atoms with Gasteiger partial charge in [-0.3, -0.25) is 9.69 Å². The summed E-state index contributed by atoms with van der Waals surface area (Å²) in [4.78, 5) is 19.6. The van der Waals surface area contributed by atoms with Crippen LogP contribution in [0.1, 0.15) is 49.8 Å². The van der Waals surface area contributed by atoms with Gasteiger partial charge in [-0.15, -0.1) is 0 Å². The molecule has 0 radical (unpaired) electrons. The number of benzene rings is 1. The Morgan fingerprint density at radius 3 is 2.57 bits per heavy atom. The van der Waals surface area contributed by atoms with Gasteiger partial charge in [0.1, 0.15) is 23.9 Å². The number of morpholine rings is 1. The molecule has 1 amide bonds. The van der Waals surface area contributed by atoms with Crippen molar-refractivity contribution < 1.29 is 27.1 Å². The monoisotopic (exact) mass is 533 g/mol. The molecule has 12 heteroatoms. The smallest absolute Gasteiger partial charge is 0.283 e. The van der Waals surface area contributed by atoms with E-state index < -0.39 is 21.7 Å². The highest BCUT2D eigenvalue weighted by atomic mass is 32.2. The fourth-order valence-electron chi connectivity index (χ4n) is 4.40. The topological polar surface area (TPSA) is 116 Å². The van der Waals surface area contributed by atoms with Gasteiger partial charge >= 0.3 is 0 Å². The lowest BCUT2D eigenvalue weighted by molar-refractivity contribution is -0.0370. The first-order chi connectivity index (χ1) is 17.4. The van der Waals surface area contributed by atoms with Crippen LogP contribution in [0.3, 0.4) is 0 Å². The summed E-state index contributed by atoms with van der Waals surface area (Å²) in [7, 11) is -3.83. The van der Waals surface area contributed by atoms with Gasteiger partial charge in [0.15, 0.2) is 5.65 Å². The normalized spacial score (nSPS) is 17.0. The van der Waals surface area contributed by atoms with Gasteiger partial charge in [-0.2, -0.15) is 5.10 Å². The van der Waals surface area contributed by atoms with Crippen LogP contribution >= 0.6 is 0 Å². The van der Waals surface area contributed by atoms with Crippen molar-refractivity contribution >= 4 is 27.0 Å². The highest BCUT2D eigenvalue weighted by molar-refractivity contribution is 7.89. The van der Waals surface area contributed by atoms with Gasteiger partial charge in [-0.25, -0.2) is 27.2 Å². The number of nitrogens with zero attached hydrogens (tertiary/aromatic N) is 4. The number of hydrogen-bond acceptors (Lipinski definition) is 8. The zero-order valence-electron chi connectivity index (χ0n) is 21.6. The third-order valence-corrected chi connectivity index (χ3v) is 6.68. The molecule has 4 rings (SSSR count). The number of halogens is 1. The van der Waals surface area contributed by atoms with E-state index in [1.807, 2.05) is 18.6 Å². The lowest BCUT2D eigenvalue weighted by Crippen LogP contribution is -2.51. The minimum absolute atomic E-state index is 0.0140. The number of carbonyl (C=O) groups excluding carboxylic acids is 1. The lowest BCUT2D eigenvalue weighted by atomic mass is 10.1. The van der Waals surface area contributed by atoms with E-state index in [1.54, 1.807) is 12.1 Å². The van der Waals surface area contributed by atoms with Gasteiger partial charge in [-0.05, 0) is 44.0 Å². The molecule has 1 aromatic carbocycles. The van der Waals surface area contributed by atoms with Gasteiger partial charge in [-0.1, -0.05) is 13.8 Å². The van der Waals surface area contributed by atoms with Crippen molar-refractivity contribution in [2.24, 2.45) is 0 Å². The van der Waals surface area contributed by atoms with Crippen molar-refractivity contribution in [3.63, 3.8) is 0 Å². The summed E-state index contributed by atoms with van der Waals surface area (Å²) in [5.41, 5.74) is 1.36. The summed E-state index contributed by atoms with van der Waals surface area (Å²) in [5, 5.41) is 5.33. The highest BCUT2D eigenvalue weighted by Gasteiger charge is 2.28. The quantitative estimate of drug-likeness (QED) is 0.470. The van der Waals surface area contributed by atoms with Gasteiger partial charge < -0.3 is 9.47 Å². The average molecular weight is 534 g/mol. The maximum atomic E-state index is 13.6. The van der Waals surface area contributed by atoms with E-state index in [9.17, 15) is 17.6 Å². The van der Waals surface area contributed by atoms with E-state index in [1.165, 1.54) is 22.9 Å². The van der Waals surface area contributed by atoms with E-state index in [0.717, 1.165) is 12.8 Å². The summed E-state index contributed by atoms with van der Waals surface area (Å²) in [5.74, 6) is -0.972. The first-order valence-corrected chi connectivity index (χ1v) is 14.0. The Hall–Kier alpha value is -3.09. The van der Waals surface area contributed by atoms with Gasteiger partial charge in [0.05, 0.1) is 42.3 Å². The van der Waals surface area contributed by atoms with E-state index in [0.29, 0.717) is 47.4 Å². The summed E-state index contributed by atoms with van der Waals surface area (Å²) >= 11 is 0. The predicted molar refractivity (Wildman–Crippen MR) is 137 cm³/mol. The van der Waals surface area contributed by atoms with Crippen molar-refractivity contribution in [3.8, 4) is 11.4 Å². The maximum Gasteiger partial charge on any atom is 0.283 e. The van der Waals surface area contributed by atoms with Crippen LogP contribution in [0, 0.1) is 5.82 Å². The second kappa shape index (κ2) is 10.7. The minimum atomic E-state index is -3.83. The molecule has 10 nitrogen and oxygen atoms in total. The molecule has 3 aromatic rings. The molecule has 1 atom stereocenters. The molecule has 0 bridgehead atoms. The third-order valence-electron chi connectivity index (χ3n) is 6.13. The number of fused-ring (bicyclic) bond motifs is 1. The minimum Gasteiger partial charge on any atom is -0.491 e. The maximum absolute atomic E-state index is 13.6. The Balaban J connectivity index is 1.85. The van der Waals surface area contributed by atoms with E-state index >= 15 is 0 Å². The number of aromatic nitrogens is 3. The molecule has 0 aliphatic carbocycles. The van der Waals surface area contributed by atoms with Gasteiger partial charge in [0.2, 0.25) is 10.0 Å². The molecule has 1 aliphatic rings. The van der Waals surface area contributed by atoms with Crippen LogP contribution in [-0.2, 0) is 14.8 Å². The molecule has 200 valence electrons. The van der Waals surface area contributed by atoms with Gasteiger partial charge in [0, 0.05) is 18.7 Å². The van der Waals surface area contributed by atoms with Crippen LogP contribution in [0.25, 0.3) is 16.7 Å². The molecule has 1 saturated heterocycles. The third kappa shape index (κ3) is 6.08. The fourth-order valence-corrected chi connectivity index (χ4v) is 4.84. The SMILES string of the molecule is CC(C)c1nn(-c2ccc(F)cc2)c2nc(C(=O)NS(C)(=O)=O)cc(OCC3COCCN3C(C)C)c12. The van der Waals surface area contributed by atoms with Crippen LogP contribution in [0.5, 0.6) is 5.75 Å². The molecular weight excluding hydrogens is 501 g/mol. The molecule has 0 saturated carbocycles. The standard InChI is InChI=1S/C25H32FN5O5S/c1-15(2)23-22-21(36-14-19-13-35-11-10-30(19)16(3)4)12-20(25(32)29-37(5,33)34)27-24(22)31(28-23)18-8-6-17(26)7-9-18/h6-9,12,15-16,19H,10-11,13-14H2,1-5H3,(H,29,32). The zero-order valence-corrected chi connectivity index (χ0v) is 22.4. The molecule has 1 aliphatic heterocycles. The van der Waals surface area contributed by atoms with Crippen molar-refractivity contribution in [1.29, 1.82) is 0 Å². The molecule has 2 aromatic heterocycles. The number of nitrogens with one attached hydrogen (secondary N) is 1. The summed E-state index contributed by atoms with van der Waals surface area (Å²) in [6.45, 7) is 10.4. The lowest BCUT2D eigenvalue weighted by Gasteiger charge is -2.38. The first kappa shape index (κ1) is 27.0. The van der Waals surface area contributed by atoms with Crippen LogP contribution < -0.4 is 9.46 Å². The van der Waals surface area contributed by atoms with Gasteiger partial charge in [0.25, 0.3) is 5.91 Å². The Bertz CT molecular complexity index is 1390. The first-order valence-electron chi connectivity index (χ1n) is 12.1. The average Bonchev–Trinajstić information content (AvgIpc) is 3.22. The van der Waals surface area contributed by atoms with E-state index in [2.05, 4.69) is 23.7 Å². The Labute approximate surface area is 215 Å². The predicted octanol–water partition coefficient (Wildman–Crippen LogP) is 2.86. The van der Waals surface area contributed by atoms with Crippen molar-refractivity contribution in [1.82, 2.24) is 24.4 Å². The van der Waals surface area contributed by atoms with Crippen LogP contribution in [-0.4, -0.2) is 78.7 Å². The number of amides is 1. The fraction of sp³-hybridized carbons (Fsp3) is 0.480. The van der Waals surface area contributed by atoms with Crippen LogP contribution in [0.15, 0.2) is 30.3 Å². The summed E-state index contributed by atoms with van der Waals surface area (Å²) in [6.07, 6.45) is 0.893. The van der Waals surface area contributed by atoms with Crippen molar-refractivity contribution in [2.45, 2.75) is 45.7 Å². The van der Waals surface area contributed by atoms with Crippen molar-refractivity contribution in [2.75, 3.05) is 32.6 Å². The van der Waals surface area contributed by atoms with Crippen LogP contribution in [0.4, 0.5) is 4.39 Å². The number of pyridine rings is 1. The Kier molecular flexibility index (Phi) is 7.81. The van der Waals surface area contributed by atoms with Crippen molar-refractivity contribution in [3.05, 3.63) is 47.5 Å². The summed E-state index contributed by atoms with van der Waals surface area (Å²) < 4.78 is 52.6. The number of sulfonamides is 1. The second-order valence-electron chi connectivity index (χ2n) is 9.71. The number of carbonyl (C=O) groups is 1.